The highest BCUT2D eigenvalue weighted by Gasteiger charge is 2.26. The molecule has 1 aromatic heterocycles. The van der Waals surface area contributed by atoms with Crippen LogP contribution in [0.25, 0.3) is 11.3 Å². The van der Waals surface area contributed by atoms with Gasteiger partial charge < -0.3 is 14.1 Å². The molecule has 0 aliphatic carbocycles. The summed E-state index contributed by atoms with van der Waals surface area (Å²) < 4.78 is 40.5. The first kappa shape index (κ1) is 25.2. The van der Waals surface area contributed by atoms with E-state index in [9.17, 15) is 8.42 Å². The van der Waals surface area contributed by atoms with E-state index in [-0.39, 0.29) is 17.5 Å². The Balaban J connectivity index is 1.30. The van der Waals surface area contributed by atoms with Gasteiger partial charge in [-0.25, -0.2) is 13.1 Å². The predicted octanol–water partition coefficient (Wildman–Crippen LogP) is 5.01. The van der Waals surface area contributed by atoms with Crippen molar-refractivity contribution < 1.29 is 17.6 Å². The summed E-state index contributed by atoms with van der Waals surface area (Å²) in [5, 5.41) is 0. The van der Waals surface area contributed by atoms with E-state index in [4.69, 9.17) is 9.15 Å². The van der Waals surface area contributed by atoms with Gasteiger partial charge in [-0.05, 0) is 61.1 Å². The first-order valence-corrected chi connectivity index (χ1v) is 13.9. The monoisotopic (exact) mass is 517 g/mol. The zero-order valence-corrected chi connectivity index (χ0v) is 21.6. The zero-order chi connectivity index (χ0) is 25.7. The van der Waals surface area contributed by atoms with E-state index >= 15 is 0 Å². The Labute approximate surface area is 218 Å². The molecule has 1 aliphatic heterocycles. The van der Waals surface area contributed by atoms with Gasteiger partial charge in [-0.3, -0.25) is 4.90 Å². The second kappa shape index (κ2) is 11.3. The van der Waals surface area contributed by atoms with Crippen LogP contribution in [0.15, 0.2) is 107 Å². The summed E-state index contributed by atoms with van der Waals surface area (Å²) in [5.41, 5.74) is 2.05. The largest absolute Gasteiger partial charge is 0.464 e. The molecule has 1 N–H and O–H groups in total. The molecule has 4 aromatic rings. The lowest BCUT2D eigenvalue weighted by atomic mass is 10.0. The third kappa shape index (κ3) is 6.29. The minimum atomic E-state index is -3.70. The van der Waals surface area contributed by atoms with Gasteiger partial charge in [-0.2, -0.15) is 0 Å². The molecular formula is C29H31N3O4S. The summed E-state index contributed by atoms with van der Waals surface area (Å²) >= 11 is 0. The highest BCUT2D eigenvalue weighted by Crippen LogP contribution is 2.27. The van der Waals surface area contributed by atoms with E-state index in [2.05, 4.69) is 33.7 Å². The molecular weight excluding hydrogens is 486 g/mol. The zero-order valence-electron chi connectivity index (χ0n) is 20.8. The number of hydrogen-bond acceptors (Lipinski definition) is 6. The van der Waals surface area contributed by atoms with Crippen LogP contribution in [0, 0.1) is 0 Å². The average molecular weight is 518 g/mol. The molecule has 5 rings (SSSR count). The summed E-state index contributed by atoms with van der Waals surface area (Å²) in [6.45, 7) is 3.89. The van der Waals surface area contributed by atoms with Crippen LogP contribution < -0.4 is 9.46 Å². The highest BCUT2D eigenvalue weighted by molar-refractivity contribution is 7.89. The maximum absolute atomic E-state index is 13.2. The lowest BCUT2D eigenvalue weighted by Gasteiger charge is -2.38. The summed E-state index contributed by atoms with van der Waals surface area (Å²) in [4.78, 5) is 4.84. The molecule has 8 heteroatoms. The molecule has 1 fully saturated rings. The molecule has 3 aromatic carbocycles. The molecule has 1 saturated heterocycles. The molecule has 0 saturated carbocycles. The molecule has 2 heterocycles. The van der Waals surface area contributed by atoms with Crippen LogP contribution in [-0.2, 0) is 10.0 Å². The van der Waals surface area contributed by atoms with E-state index in [1.807, 2.05) is 54.6 Å². The SMILES string of the molecule is CN1CCN(C(CNS(=O)(=O)c2ccc(Oc3ccccc3)cc2)c2ccc(-c3ccco3)cc2)CC1. The number of benzene rings is 3. The van der Waals surface area contributed by atoms with Crippen molar-refractivity contribution >= 4 is 10.0 Å². The summed E-state index contributed by atoms with van der Waals surface area (Å²) in [6.07, 6.45) is 1.66. The first-order valence-electron chi connectivity index (χ1n) is 12.4. The molecule has 1 aliphatic rings. The Hall–Kier alpha value is -3.43. The van der Waals surface area contributed by atoms with Gasteiger partial charge in [0.1, 0.15) is 17.3 Å². The number of rotatable bonds is 9. The second-order valence-electron chi connectivity index (χ2n) is 9.19. The topological polar surface area (TPSA) is 75.0 Å². The average Bonchev–Trinajstić information content (AvgIpc) is 3.46. The quantitative estimate of drug-likeness (QED) is 0.337. The lowest BCUT2D eigenvalue weighted by molar-refractivity contribution is 0.113. The van der Waals surface area contributed by atoms with Crippen molar-refractivity contribution in [2.24, 2.45) is 0 Å². The number of hydrogen-bond donors (Lipinski definition) is 1. The summed E-state index contributed by atoms with van der Waals surface area (Å²) in [5.74, 6) is 2.09. The van der Waals surface area contributed by atoms with Crippen molar-refractivity contribution in [1.29, 1.82) is 0 Å². The molecule has 1 unspecified atom stereocenters. The maximum Gasteiger partial charge on any atom is 0.240 e. The number of para-hydroxylation sites is 1. The minimum absolute atomic E-state index is 0.0881. The number of furan rings is 1. The van der Waals surface area contributed by atoms with E-state index in [0.29, 0.717) is 11.5 Å². The van der Waals surface area contributed by atoms with Crippen LogP contribution in [0.1, 0.15) is 11.6 Å². The van der Waals surface area contributed by atoms with Crippen LogP contribution in [0.3, 0.4) is 0 Å². The van der Waals surface area contributed by atoms with E-state index < -0.39 is 10.0 Å². The maximum atomic E-state index is 13.2. The van der Waals surface area contributed by atoms with Crippen molar-refractivity contribution in [3.05, 3.63) is 103 Å². The van der Waals surface area contributed by atoms with Crippen molar-refractivity contribution in [3.63, 3.8) is 0 Å². The van der Waals surface area contributed by atoms with Crippen LogP contribution in [-0.4, -0.2) is 58.0 Å². The van der Waals surface area contributed by atoms with Gasteiger partial charge in [0.2, 0.25) is 10.0 Å². The van der Waals surface area contributed by atoms with Gasteiger partial charge in [0, 0.05) is 44.3 Å². The van der Waals surface area contributed by atoms with Gasteiger partial charge in [0.05, 0.1) is 11.2 Å². The number of nitrogens with zero attached hydrogens (tertiary/aromatic N) is 2. The fourth-order valence-electron chi connectivity index (χ4n) is 4.49. The van der Waals surface area contributed by atoms with Crippen LogP contribution in [0.2, 0.25) is 0 Å². The van der Waals surface area contributed by atoms with Crippen LogP contribution >= 0.6 is 0 Å². The highest BCUT2D eigenvalue weighted by atomic mass is 32.2. The first-order chi connectivity index (χ1) is 18.0. The van der Waals surface area contributed by atoms with E-state index in [0.717, 1.165) is 43.1 Å². The summed E-state index contributed by atoms with van der Waals surface area (Å²) in [7, 11) is -1.59. The lowest BCUT2D eigenvalue weighted by Crippen LogP contribution is -2.48. The Morgan fingerprint density at radius 3 is 2.16 bits per heavy atom. The predicted molar refractivity (Wildman–Crippen MR) is 144 cm³/mol. The molecule has 7 nitrogen and oxygen atoms in total. The van der Waals surface area contributed by atoms with Crippen molar-refractivity contribution in [1.82, 2.24) is 14.5 Å². The number of likely N-dealkylation sites (N-methyl/N-ethyl adjacent to an activating group) is 1. The fourth-order valence-corrected chi connectivity index (χ4v) is 5.53. The van der Waals surface area contributed by atoms with Crippen molar-refractivity contribution in [2.75, 3.05) is 39.8 Å². The number of ether oxygens (including phenoxy) is 1. The van der Waals surface area contributed by atoms with Crippen molar-refractivity contribution in [2.45, 2.75) is 10.9 Å². The summed E-state index contributed by atoms with van der Waals surface area (Å²) in [6, 6.07) is 27.8. The Kier molecular flexibility index (Phi) is 7.71. The molecule has 37 heavy (non-hydrogen) atoms. The molecule has 1 atom stereocenters. The molecule has 192 valence electrons. The number of nitrogens with one attached hydrogen (secondary N) is 1. The fraction of sp³-hybridized carbons (Fsp3) is 0.241. The van der Waals surface area contributed by atoms with Gasteiger partial charge in [-0.1, -0.05) is 42.5 Å². The third-order valence-electron chi connectivity index (χ3n) is 6.66. The number of piperazine rings is 1. The molecule has 0 bridgehead atoms. The minimum Gasteiger partial charge on any atom is -0.464 e. The van der Waals surface area contributed by atoms with Gasteiger partial charge in [-0.15, -0.1) is 0 Å². The van der Waals surface area contributed by atoms with Crippen LogP contribution in [0.5, 0.6) is 11.5 Å². The molecule has 0 spiro atoms. The molecule has 0 amide bonds. The Morgan fingerprint density at radius 2 is 1.51 bits per heavy atom. The Bertz CT molecular complexity index is 1370. The van der Waals surface area contributed by atoms with Crippen LogP contribution in [0.4, 0.5) is 0 Å². The second-order valence-corrected chi connectivity index (χ2v) is 11.0. The van der Waals surface area contributed by atoms with Gasteiger partial charge in [0.25, 0.3) is 0 Å². The Morgan fingerprint density at radius 1 is 0.838 bits per heavy atom. The van der Waals surface area contributed by atoms with Gasteiger partial charge in [0.15, 0.2) is 0 Å². The number of sulfonamides is 1. The normalized spacial score (nSPS) is 15.9. The van der Waals surface area contributed by atoms with E-state index in [1.165, 1.54) is 0 Å². The smallest absolute Gasteiger partial charge is 0.240 e. The molecule has 0 radical (unpaired) electrons. The van der Waals surface area contributed by atoms with E-state index in [1.54, 1.807) is 30.5 Å². The van der Waals surface area contributed by atoms with Crippen molar-refractivity contribution in [3.8, 4) is 22.8 Å². The van der Waals surface area contributed by atoms with Gasteiger partial charge >= 0.3 is 0 Å². The standard InChI is InChI=1S/C29H31N3O4S/c1-31-17-19-32(20-18-31)28(23-9-11-24(12-10-23)29-8-5-21-35-29)22-30-37(33,34)27-15-13-26(14-16-27)36-25-6-3-2-4-7-25/h2-16,21,28,30H,17-20,22H2,1H3. The third-order valence-corrected chi connectivity index (χ3v) is 8.10.